The lowest BCUT2D eigenvalue weighted by Crippen LogP contribution is -2.46. The summed E-state index contributed by atoms with van der Waals surface area (Å²) in [5.41, 5.74) is 2.69. The predicted molar refractivity (Wildman–Crippen MR) is 124 cm³/mol. The molecule has 2 amide bonds. The third-order valence-corrected chi connectivity index (χ3v) is 8.31. The van der Waals surface area contributed by atoms with Crippen LogP contribution in [0.1, 0.15) is 44.0 Å². The van der Waals surface area contributed by atoms with E-state index in [4.69, 9.17) is 0 Å². The molecule has 3 aromatic rings. The van der Waals surface area contributed by atoms with E-state index in [1.165, 1.54) is 10.4 Å². The SMILES string of the molecule is O=C(NC1CCN(C(=O)c2c(-n3cccc3)sc3c2CCSC3)CC1)c1cccnc1. The minimum atomic E-state index is -0.0998. The van der Waals surface area contributed by atoms with Gasteiger partial charge in [-0.25, -0.2) is 0 Å². The molecule has 8 heteroatoms. The number of thiophene rings is 1. The molecule has 160 valence electrons. The number of aromatic nitrogens is 2. The number of nitrogens with one attached hydrogen (secondary N) is 1. The number of pyridine rings is 1. The van der Waals surface area contributed by atoms with Crippen LogP contribution in [0, 0.1) is 0 Å². The topological polar surface area (TPSA) is 67.2 Å². The van der Waals surface area contributed by atoms with E-state index in [0.717, 1.165) is 41.3 Å². The van der Waals surface area contributed by atoms with Crippen molar-refractivity contribution in [3.8, 4) is 5.00 Å². The van der Waals surface area contributed by atoms with Gasteiger partial charge in [0.25, 0.3) is 11.8 Å². The van der Waals surface area contributed by atoms with Crippen LogP contribution in [0.15, 0.2) is 49.1 Å². The predicted octanol–water partition coefficient (Wildman–Crippen LogP) is 3.76. The Kier molecular flexibility index (Phi) is 5.82. The summed E-state index contributed by atoms with van der Waals surface area (Å²) in [7, 11) is 0. The molecule has 5 rings (SSSR count). The number of hydrogen-bond acceptors (Lipinski definition) is 5. The zero-order valence-corrected chi connectivity index (χ0v) is 18.8. The highest BCUT2D eigenvalue weighted by Gasteiger charge is 2.31. The van der Waals surface area contributed by atoms with Gasteiger partial charge in [-0.05, 0) is 54.8 Å². The first kappa shape index (κ1) is 20.3. The summed E-state index contributed by atoms with van der Waals surface area (Å²) in [6, 6.07) is 7.60. The average molecular weight is 453 g/mol. The summed E-state index contributed by atoms with van der Waals surface area (Å²) in [5.74, 6) is 2.09. The fourth-order valence-corrected chi connectivity index (χ4v) is 6.68. The van der Waals surface area contributed by atoms with E-state index in [1.807, 2.05) is 41.2 Å². The van der Waals surface area contributed by atoms with Gasteiger partial charge in [-0.1, -0.05) is 0 Å². The Labute approximate surface area is 189 Å². The number of likely N-dealkylation sites (tertiary alicyclic amines) is 1. The zero-order valence-electron chi connectivity index (χ0n) is 17.1. The molecule has 6 nitrogen and oxygen atoms in total. The Morgan fingerprint density at radius 2 is 1.94 bits per heavy atom. The lowest BCUT2D eigenvalue weighted by Gasteiger charge is -2.33. The number of nitrogens with zero attached hydrogens (tertiary/aromatic N) is 3. The molecule has 2 aliphatic heterocycles. The highest BCUT2D eigenvalue weighted by Crippen LogP contribution is 2.39. The van der Waals surface area contributed by atoms with Crippen molar-refractivity contribution in [1.29, 1.82) is 0 Å². The van der Waals surface area contributed by atoms with Crippen LogP contribution in [0.3, 0.4) is 0 Å². The van der Waals surface area contributed by atoms with Gasteiger partial charge in [0.2, 0.25) is 0 Å². The number of amides is 2. The Hall–Kier alpha value is -2.58. The molecule has 0 bridgehead atoms. The normalized spacial score (nSPS) is 16.7. The smallest absolute Gasteiger partial charge is 0.257 e. The number of thioether (sulfide) groups is 1. The van der Waals surface area contributed by atoms with Crippen molar-refractivity contribution in [3.63, 3.8) is 0 Å². The Morgan fingerprint density at radius 3 is 2.68 bits per heavy atom. The molecule has 3 aromatic heterocycles. The second kappa shape index (κ2) is 8.88. The number of carbonyl (C=O) groups is 2. The van der Waals surface area contributed by atoms with Gasteiger partial charge in [-0.3, -0.25) is 14.6 Å². The zero-order chi connectivity index (χ0) is 21.2. The fourth-order valence-electron chi connectivity index (χ4n) is 4.24. The van der Waals surface area contributed by atoms with Gasteiger partial charge in [0, 0.05) is 54.5 Å². The second-order valence-corrected chi connectivity index (χ2v) is 10.0. The van der Waals surface area contributed by atoms with E-state index in [9.17, 15) is 9.59 Å². The lowest BCUT2D eigenvalue weighted by molar-refractivity contribution is 0.0697. The van der Waals surface area contributed by atoms with E-state index in [0.29, 0.717) is 18.7 Å². The molecule has 31 heavy (non-hydrogen) atoms. The third-order valence-electron chi connectivity index (χ3n) is 5.90. The Morgan fingerprint density at radius 1 is 1.13 bits per heavy atom. The first-order valence-electron chi connectivity index (χ1n) is 10.6. The average Bonchev–Trinajstić information content (AvgIpc) is 3.47. The van der Waals surface area contributed by atoms with Gasteiger partial charge in [-0.15, -0.1) is 11.3 Å². The minimum absolute atomic E-state index is 0.0773. The number of fused-ring (bicyclic) bond motifs is 1. The Balaban J connectivity index is 1.30. The van der Waals surface area contributed by atoms with Gasteiger partial charge >= 0.3 is 0 Å². The number of piperidine rings is 1. The van der Waals surface area contributed by atoms with Gasteiger partial charge in [0.05, 0.1) is 11.1 Å². The number of carbonyl (C=O) groups excluding carboxylic acids is 2. The molecule has 1 N–H and O–H groups in total. The summed E-state index contributed by atoms with van der Waals surface area (Å²) in [6.07, 6.45) is 9.75. The van der Waals surface area contributed by atoms with Gasteiger partial charge in [0.15, 0.2) is 0 Å². The number of rotatable bonds is 4. The number of hydrogen-bond donors (Lipinski definition) is 1. The van der Waals surface area contributed by atoms with Crippen molar-refractivity contribution >= 4 is 34.9 Å². The van der Waals surface area contributed by atoms with Crippen molar-refractivity contribution in [2.45, 2.75) is 31.1 Å². The molecule has 0 aliphatic carbocycles. The minimum Gasteiger partial charge on any atom is -0.349 e. The third kappa shape index (κ3) is 4.14. The Bertz CT molecular complexity index is 1070. The van der Waals surface area contributed by atoms with Gasteiger partial charge < -0.3 is 14.8 Å². The molecule has 0 aromatic carbocycles. The van der Waals surface area contributed by atoms with Crippen LogP contribution < -0.4 is 5.32 Å². The molecular weight excluding hydrogens is 428 g/mol. The van der Waals surface area contributed by atoms with Crippen molar-refractivity contribution in [1.82, 2.24) is 19.8 Å². The van der Waals surface area contributed by atoms with Crippen molar-refractivity contribution < 1.29 is 9.59 Å². The molecule has 0 atom stereocenters. The van der Waals surface area contributed by atoms with E-state index >= 15 is 0 Å². The standard InChI is InChI=1S/C23H24N4O2S2/c28-21(16-4-3-8-24-14-16)25-17-5-11-26(12-6-17)22(29)20-18-7-13-30-15-19(18)31-23(20)27-9-1-2-10-27/h1-4,8-10,14,17H,5-7,11-13,15H2,(H,25,28). The second-order valence-electron chi connectivity index (χ2n) is 7.86. The first-order valence-corrected chi connectivity index (χ1v) is 12.5. The van der Waals surface area contributed by atoms with E-state index < -0.39 is 0 Å². The molecular formula is C23H24N4O2S2. The van der Waals surface area contributed by atoms with E-state index in [2.05, 4.69) is 14.9 Å². The first-order chi connectivity index (χ1) is 15.2. The fraction of sp³-hybridized carbons (Fsp3) is 0.348. The molecule has 1 saturated heterocycles. The molecule has 2 aliphatic rings. The summed E-state index contributed by atoms with van der Waals surface area (Å²) >= 11 is 3.69. The lowest BCUT2D eigenvalue weighted by atomic mass is 10.0. The molecule has 0 unspecified atom stereocenters. The monoisotopic (exact) mass is 452 g/mol. The highest BCUT2D eigenvalue weighted by molar-refractivity contribution is 7.98. The molecule has 0 saturated carbocycles. The molecule has 0 spiro atoms. The van der Waals surface area contributed by atoms with Gasteiger partial charge in [0.1, 0.15) is 5.00 Å². The quantitative estimate of drug-likeness (QED) is 0.655. The van der Waals surface area contributed by atoms with Crippen molar-refractivity contribution in [2.75, 3.05) is 18.8 Å². The summed E-state index contributed by atoms with van der Waals surface area (Å²) < 4.78 is 2.07. The van der Waals surface area contributed by atoms with Crippen LogP contribution >= 0.6 is 23.1 Å². The van der Waals surface area contributed by atoms with Crippen LogP contribution in [0.25, 0.3) is 5.00 Å². The van der Waals surface area contributed by atoms with Crippen LogP contribution in [-0.4, -0.2) is 51.1 Å². The molecule has 1 fully saturated rings. The largest absolute Gasteiger partial charge is 0.349 e. The van der Waals surface area contributed by atoms with E-state index in [1.54, 1.807) is 35.9 Å². The maximum Gasteiger partial charge on any atom is 0.257 e. The van der Waals surface area contributed by atoms with Crippen LogP contribution in [0.2, 0.25) is 0 Å². The van der Waals surface area contributed by atoms with Crippen LogP contribution in [-0.2, 0) is 12.2 Å². The molecule has 0 radical (unpaired) electrons. The van der Waals surface area contributed by atoms with Crippen molar-refractivity contribution in [2.24, 2.45) is 0 Å². The van der Waals surface area contributed by atoms with Crippen LogP contribution in [0.5, 0.6) is 0 Å². The van der Waals surface area contributed by atoms with Crippen molar-refractivity contribution in [3.05, 3.63) is 70.6 Å². The molecule has 5 heterocycles. The summed E-state index contributed by atoms with van der Waals surface area (Å²) in [5, 5.41) is 4.13. The van der Waals surface area contributed by atoms with Crippen LogP contribution in [0.4, 0.5) is 0 Å². The summed E-state index contributed by atoms with van der Waals surface area (Å²) in [4.78, 5) is 33.3. The van der Waals surface area contributed by atoms with E-state index in [-0.39, 0.29) is 17.9 Å². The maximum absolute atomic E-state index is 13.6. The highest BCUT2D eigenvalue weighted by atomic mass is 32.2. The maximum atomic E-state index is 13.6. The summed E-state index contributed by atoms with van der Waals surface area (Å²) in [6.45, 7) is 1.31. The van der Waals surface area contributed by atoms with Gasteiger partial charge in [-0.2, -0.15) is 11.8 Å².